The molecule has 0 heterocycles. The number of nitro groups is 1. The van der Waals surface area contributed by atoms with Crippen molar-refractivity contribution in [2.24, 2.45) is 0 Å². The van der Waals surface area contributed by atoms with Crippen LogP contribution in [0.4, 0.5) is 20.2 Å². The van der Waals surface area contributed by atoms with E-state index in [2.05, 4.69) is 10.1 Å². The summed E-state index contributed by atoms with van der Waals surface area (Å²) < 4.78 is 33.4. The van der Waals surface area contributed by atoms with Crippen LogP contribution in [0.15, 0.2) is 42.5 Å². The molecule has 0 bridgehead atoms. The molecule has 0 atom stereocenters. The fourth-order valence-electron chi connectivity index (χ4n) is 1.91. The molecule has 0 saturated heterocycles. The number of carbonyl (C=O) groups is 1. The summed E-state index contributed by atoms with van der Waals surface area (Å²) in [6.07, 6.45) is 0. The molecule has 0 aliphatic heterocycles. The highest BCUT2D eigenvalue weighted by molar-refractivity contribution is 6.06. The molecule has 0 saturated carbocycles. The minimum absolute atomic E-state index is 0.0281. The second-order valence-electron chi connectivity index (χ2n) is 4.50. The molecule has 2 rings (SSSR count). The molecule has 2 aromatic carbocycles. The van der Waals surface area contributed by atoms with E-state index in [1.165, 1.54) is 43.5 Å². The lowest BCUT2D eigenvalue weighted by atomic mass is 10.1. The number of nitro benzene ring substituents is 1. The van der Waals surface area contributed by atoms with Gasteiger partial charge in [0.2, 0.25) is 0 Å². The van der Waals surface area contributed by atoms with Crippen LogP contribution in [0, 0.1) is 10.1 Å². The zero-order chi connectivity index (χ0) is 17.7. The second-order valence-corrected chi connectivity index (χ2v) is 4.50. The number of amides is 1. The maximum Gasteiger partial charge on any atom is 0.387 e. The Morgan fingerprint density at radius 1 is 1.21 bits per heavy atom. The van der Waals surface area contributed by atoms with Crippen molar-refractivity contribution in [2.45, 2.75) is 6.61 Å². The van der Waals surface area contributed by atoms with Crippen LogP contribution < -0.4 is 14.8 Å². The number of carbonyl (C=O) groups excluding carboxylic acids is 1. The van der Waals surface area contributed by atoms with Gasteiger partial charge < -0.3 is 14.8 Å². The molecule has 0 aromatic heterocycles. The van der Waals surface area contributed by atoms with Crippen molar-refractivity contribution in [3.8, 4) is 11.5 Å². The molecule has 9 heteroatoms. The Hall–Kier alpha value is -3.23. The highest BCUT2D eigenvalue weighted by atomic mass is 19.3. The topological polar surface area (TPSA) is 90.7 Å². The van der Waals surface area contributed by atoms with Crippen molar-refractivity contribution in [1.29, 1.82) is 0 Å². The summed E-state index contributed by atoms with van der Waals surface area (Å²) in [7, 11) is 1.33. The van der Waals surface area contributed by atoms with Crippen molar-refractivity contribution in [3.63, 3.8) is 0 Å². The molecule has 0 aliphatic rings. The third kappa shape index (κ3) is 4.15. The van der Waals surface area contributed by atoms with Crippen LogP contribution in [-0.2, 0) is 0 Å². The van der Waals surface area contributed by atoms with Crippen LogP contribution in [0.3, 0.4) is 0 Å². The number of rotatable bonds is 6. The summed E-state index contributed by atoms with van der Waals surface area (Å²) in [4.78, 5) is 22.5. The highest BCUT2D eigenvalue weighted by Gasteiger charge is 2.17. The van der Waals surface area contributed by atoms with Gasteiger partial charge in [-0.15, -0.1) is 0 Å². The lowest BCUT2D eigenvalue weighted by Crippen LogP contribution is -2.13. The number of methoxy groups -OCH3 is 1. The molecule has 0 radical (unpaired) electrons. The molecule has 0 fully saturated rings. The normalized spacial score (nSPS) is 10.3. The first-order valence-electron chi connectivity index (χ1n) is 6.59. The SMILES string of the molecule is COc1ccc([N+](=O)[O-])cc1C(=O)Nc1ccc(OC(F)F)cc1. The van der Waals surface area contributed by atoms with Crippen molar-refractivity contribution in [3.05, 3.63) is 58.1 Å². The van der Waals surface area contributed by atoms with Gasteiger partial charge >= 0.3 is 6.61 Å². The number of benzene rings is 2. The number of non-ortho nitro benzene ring substituents is 1. The minimum Gasteiger partial charge on any atom is -0.496 e. The van der Waals surface area contributed by atoms with Gasteiger partial charge in [-0.05, 0) is 30.3 Å². The Morgan fingerprint density at radius 2 is 1.88 bits per heavy atom. The summed E-state index contributed by atoms with van der Waals surface area (Å²) in [5.41, 5.74) is 0.0106. The smallest absolute Gasteiger partial charge is 0.387 e. The molecular formula is C15H12F2N2O5. The van der Waals surface area contributed by atoms with E-state index in [1.807, 2.05) is 0 Å². The number of nitrogens with zero attached hydrogens (tertiary/aromatic N) is 1. The number of anilines is 1. The van der Waals surface area contributed by atoms with E-state index in [4.69, 9.17) is 4.74 Å². The van der Waals surface area contributed by atoms with E-state index < -0.39 is 17.4 Å². The number of alkyl halides is 2. The first kappa shape index (κ1) is 17.1. The lowest BCUT2D eigenvalue weighted by molar-refractivity contribution is -0.384. The number of nitrogens with one attached hydrogen (secondary N) is 1. The van der Waals surface area contributed by atoms with Gasteiger partial charge in [0.05, 0.1) is 17.6 Å². The average Bonchev–Trinajstić information content (AvgIpc) is 2.55. The Morgan fingerprint density at radius 3 is 2.42 bits per heavy atom. The van der Waals surface area contributed by atoms with E-state index in [9.17, 15) is 23.7 Å². The maximum atomic E-state index is 12.3. The van der Waals surface area contributed by atoms with Crippen LogP contribution in [0.25, 0.3) is 0 Å². The van der Waals surface area contributed by atoms with Gasteiger partial charge in [-0.3, -0.25) is 14.9 Å². The fraction of sp³-hybridized carbons (Fsp3) is 0.133. The van der Waals surface area contributed by atoms with E-state index in [1.54, 1.807) is 0 Å². The summed E-state index contributed by atoms with van der Waals surface area (Å²) in [5.74, 6) is -0.537. The van der Waals surface area contributed by atoms with Gasteiger partial charge in [0.15, 0.2) is 0 Å². The van der Waals surface area contributed by atoms with Gasteiger partial charge in [0, 0.05) is 17.8 Å². The molecular weight excluding hydrogens is 326 g/mol. The quantitative estimate of drug-likeness (QED) is 0.643. The molecule has 0 unspecified atom stereocenters. The monoisotopic (exact) mass is 338 g/mol. The first-order chi connectivity index (χ1) is 11.4. The van der Waals surface area contributed by atoms with Gasteiger partial charge in [0.1, 0.15) is 11.5 Å². The standard InChI is InChI=1S/C15H12F2N2O5/c1-23-13-7-4-10(19(21)22)8-12(13)14(20)18-9-2-5-11(6-3-9)24-15(16)17/h2-8,15H,1H3,(H,18,20). The van der Waals surface area contributed by atoms with E-state index >= 15 is 0 Å². The summed E-state index contributed by atoms with van der Waals surface area (Å²) in [6.45, 7) is -2.94. The predicted octanol–water partition coefficient (Wildman–Crippen LogP) is 3.46. The van der Waals surface area contributed by atoms with E-state index in [0.29, 0.717) is 5.69 Å². The zero-order valence-corrected chi connectivity index (χ0v) is 12.4. The number of hydrogen-bond acceptors (Lipinski definition) is 5. The maximum absolute atomic E-state index is 12.3. The van der Waals surface area contributed by atoms with Crippen molar-refractivity contribution < 1.29 is 28.0 Å². The average molecular weight is 338 g/mol. The van der Waals surface area contributed by atoms with E-state index in [-0.39, 0.29) is 22.7 Å². The first-order valence-corrected chi connectivity index (χ1v) is 6.59. The van der Waals surface area contributed by atoms with Gasteiger partial charge in [0.25, 0.3) is 11.6 Å². The van der Waals surface area contributed by atoms with Crippen molar-refractivity contribution in [1.82, 2.24) is 0 Å². The molecule has 7 nitrogen and oxygen atoms in total. The largest absolute Gasteiger partial charge is 0.496 e. The van der Waals surface area contributed by atoms with Crippen molar-refractivity contribution >= 4 is 17.3 Å². The number of ether oxygens (including phenoxy) is 2. The van der Waals surface area contributed by atoms with Gasteiger partial charge in [-0.25, -0.2) is 0 Å². The predicted molar refractivity (Wildman–Crippen MR) is 80.7 cm³/mol. The molecule has 126 valence electrons. The zero-order valence-electron chi connectivity index (χ0n) is 12.4. The Balaban J connectivity index is 2.20. The highest BCUT2D eigenvalue weighted by Crippen LogP contribution is 2.25. The molecule has 24 heavy (non-hydrogen) atoms. The summed E-state index contributed by atoms with van der Waals surface area (Å²) in [6, 6.07) is 8.85. The Labute approximate surface area is 135 Å². The molecule has 0 spiro atoms. The molecule has 1 amide bonds. The number of halogens is 2. The minimum atomic E-state index is -2.94. The lowest BCUT2D eigenvalue weighted by Gasteiger charge is -2.10. The summed E-state index contributed by atoms with van der Waals surface area (Å²) in [5, 5.41) is 13.3. The Kier molecular flexibility index (Phi) is 5.25. The van der Waals surface area contributed by atoms with Crippen LogP contribution in [0.1, 0.15) is 10.4 Å². The molecule has 0 aliphatic carbocycles. The van der Waals surface area contributed by atoms with Gasteiger partial charge in [-0.1, -0.05) is 0 Å². The second kappa shape index (κ2) is 7.36. The third-order valence-electron chi connectivity index (χ3n) is 2.98. The van der Waals surface area contributed by atoms with Crippen LogP contribution in [0.2, 0.25) is 0 Å². The van der Waals surface area contributed by atoms with Crippen molar-refractivity contribution in [2.75, 3.05) is 12.4 Å². The Bertz CT molecular complexity index is 750. The molecule has 1 N–H and O–H groups in total. The van der Waals surface area contributed by atoms with Crippen LogP contribution in [-0.4, -0.2) is 24.6 Å². The summed E-state index contributed by atoms with van der Waals surface area (Å²) >= 11 is 0. The molecule has 2 aromatic rings. The fourth-order valence-corrected chi connectivity index (χ4v) is 1.91. The van der Waals surface area contributed by atoms with E-state index in [0.717, 1.165) is 6.07 Å². The number of hydrogen-bond donors (Lipinski definition) is 1. The van der Waals surface area contributed by atoms with Gasteiger partial charge in [-0.2, -0.15) is 8.78 Å². The van der Waals surface area contributed by atoms with Crippen LogP contribution in [0.5, 0.6) is 11.5 Å². The van der Waals surface area contributed by atoms with Crippen LogP contribution >= 0.6 is 0 Å². The third-order valence-corrected chi connectivity index (χ3v) is 2.98.